The highest BCUT2D eigenvalue weighted by atomic mass is 16.7. The zero-order valence-corrected chi connectivity index (χ0v) is 16.6. The van der Waals surface area contributed by atoms with Gasteiger partial charge in [0.05, 0.1) is 5.56 Å². The smallest absolute Gasteiger partial charge is 0.338 e. The summed E-state index contributed by atoms with van der Waals surface area (Å²) >= 11 is 0. The van der Waals surface area contributed by atoms with Crippen molar-refractivity contribution in [1.82, 2.24) is 5.32 Å². The van der Waals surface area contributed by atoms with Crippen molar-refractivity contribution in [3.05, 3.63) is 65.7 Å². The van der Waals surface area contributed by atoms with Gasteiger partial charge in [-0.1, -0.05) is 18.2 Å². The second kappa shape index (κ2) is 10.6. The summed E-state index contributed by atoms with van der Waals surface area (Å²) in [5, 5.41) is 3.00. The van der Waals surface area contributed by atoms with Crippen molar-refractivity contribution >= 4 is 11.9 Å². The van der Waals surface area contributed by atoms with Gasteiger partial charge in [-0.05, 0) is 68.0 Å². The molecule has 0 aromatic heterocycles. The molecule has 2 aromatic rings. The van der Waals surface area contributed by atoms with Crippen LogP contribution in [0.3, 0.4) is 0 Å². The fraction of sp³-hybridized carbons (Fsp3) is 0.391. The Morgan fingerprint density at radius 2 is 1.62 bits per heavy atom. The van der Waals surface area contributed by atoms with Crippen LogP contribution in [0.25, 0.3) is 0 Å². The maximum atomic E-state index is 12.3. The van der Waals surface area contributed by atoms with E-state index in [1.807, 2.05) is 18.2 Å². The summed E-state index contributed by atoms with van der Waals surface area (Å²) in [6.07, 6.45) is 3.46. The molecule has 3 rings (SSSR count). The van der Waals surface area contributed by atoms with E-state index in [1.165, 1.54) is 0 Å². The van der Waals surface area contributed by atoms with E-state index in [9.17, 15) is 9.59 Å². The number of amides is 1. The number of ether oxygens (including phenoxy) is 3. The lowest BCUT2D eigenvalue weighted by molar-refractivity contribution is 0.0167. The largest absolute Gasteiger partial charge is 0.468 e. The highest BCUT2D eigenvalue weighted by Gasteiger charge is 2.24. The van der Waals surface area contributed by atoms with Crippen LogP contribution >= 0.6 is 0 Å². The minimum atomic E-state index is -0.264. The molecule has 6 heteroatoms. The third kappa shape index (κ3) is 6.32. The standard InChI is InChI=1S/C23H27NO5/c1-27-16-28-20-13-9-18(10-14-20)22(25)24-15-17-7-11-21(12-8-17)29-23(26)19-5-3-2-4-6-19/h2-6,9-10,13-14,17,21H,7-8,11-12,15-16H2,1H3,(H,24,25). The Bertz CT molecular complexity index is 783. The SMILES string of the molecule is COCOc1ccc(C(=O)NCC2CCC(OC(=O)c3ccccc3)CC2)cc1. The Morgan fingerprint density at radius 1 is 0.931 bits per heavy atom. The first kappa shape index (κ1) is 20.9. The number of methoxy groups -OCH3 is 1. The molecular formula is C23H27NO5. The van der Waals surface area contributed by atoms with Crippen molar-refractivity contribution in [3.8, 4) is 5.75 Å². The summed E-state index contributed by atoms with van der Waals surface area (Å²) in [6, 6.07) is 16.0. The Morgan fingerprint density at radius 3 is 2.28 bits per heavy atom. The average Bonchev–Trinajstić information content (AvgIpc) is 2.78. The number of esters is 1. The van der Waals surface area contributed by atoms with E-state index in [2.05, 4.69) is 5.32 Å². The number of benzene rings is 2. The number of rotatable bonds is 8. The molecule has 6 nitrogen and oxygen atoms in total. The van der Waals surface area contributed by atoms with Crippen LogP contribution in [0.2, 0.25) is 0 Å². The zero-order valence-electron chi connectivity index (χ0n) is 16.6. The first-order chi connectivity index (χ1) is 14.2. The van der Waals surface area contributed by atoms with Gasteiger partial charge >= 0.3 is 5.97 Å². The first-order valence-electron chi connectivity index (χ1n) is 9.91. The van der Waals surface area contributed by atoms with E-state index >= 15 is 0 Å². The summed E-state index contributed by atoms with van der Waals surface area (Å²) in [5.41, 5.74) is 1.18. The van der Waals surface area contributed by atoms with Gasteiger partial charge in [0.25, 0.3) is 5.91 Å². The van der Waals surface area contributed by atoms with Crippen molar-refractivity contribution in [2.45, 2.75) is 31.8 Å². The van der Waals surface area contributed by atoms with Crippen LogP contribution < -0.4 is 10.1 Å². The van der Waals surface area contributed by atoms with Crippen LogP contribution in [0.4, 0.5) is 0 Å². The maximum absolute atomic E-state index is 12.3. The second-order valence-corrected chi connectivity index (χ2v) is 7.20. The highest BCUT2D eigenvalue weighted by Crippen LogP contribution is 2.26. The fourth-order valence-electron chi connectivity index (χ4n) is 3.42. The lowest BCUT2D eigenvalue weighted by Gasteiger charge is -2.28. The van der Waals surface area contributed by atoms with Gasteiger partial charge in [-0.25, -0.2) is 4.79 Å². The second-order valence-electron chi connectivity index (χ2n) is 7.20. The average molecular weight is 397 g/mol. The molecule has 0 bridgehead atoms. The topological polar surface area (TPSA) is 73.9 Å². The molecule has 0 radical (unpaired) electrons. The Kier molecular flexibility index (Phi) is 7.64. The molecule has 1 aliphatic carbocycles. The lowest BCUT2D eigenvalue weighted by Crippen LogP contribution is -2.33. The third-order valence-corrected chi connectivity index (χ3v) is 5.09. The van der Waals surface area contributed by atoms with Crippen molar-refractivity contribution in [2.24, 2.45) is 5.92 Å². The fourth-order valence-corrected chi connectivity index (χ4v) is 3.42. The van der Waals surface area contributed by atoms with E-state index in [1.54, 1.807) is 43.5 Å². The predicted molar refractivity (Wildman–Crippen MR) is 109 cm³/mol. The quantitative estimate of drug-likeness (QED) is 0.542. The first-order valence-corrected chi connectivity index (χ1v) is 9.91. The zero-order chi connectivity index (χ0) is 20.5. The summed E-state index contributed by atoms with van der Waals surface area (Å²) in [4.78, 5) is 24.5. The van der Waals surface area contributed by atoms with E-state index in [0.29, 0.717) is 29.3 Å². The molecule has 1 N–H and O–H groups in total. The van der Waals surface area contributed by atoms with Gasteiger partial charge in [-0.15, -0.1) is 0 Å². The van der Waals surface area contributed by atoms with Gasteiger partial charge in [0.1, 0.15) is 11.9 Å². The molecule has 154 valence electrons. The minimum absolute atomic E-state index is 0.0469. The summed E-state index contributed by atoms with van der Waals surface area (Å²) in [5.74, 6) is 0.697. The number of hydrogen-bond acceptors (Lipinski definition) is 5. The van der Waals surface area contributed by atoms with Crippen LogP contribution in [-0.4, -0.2) is 38.4 Å². The third-order valence-electron chi connectivity index (χ3n) is 5.09. The number of nitrogens with one attached hydrogen (secondary N) is 1. The molecule has 1 aliphatic rings. The molecule has 0 spiro atoms. The van der Waals surface area contributed by atoms with Crippen molar-refractivity contribution in [1.29, 1.82) is 0 Å². The molecule has 29 heavy (non-hydrogen) atoms. The molecule has 0 atom stereocenters. The van der Waals surface area contributed by atoms with Crippen molar-refractivity contribution < 1.29 is 23.8 Å². The van der Waals surface area contributed by atoms with Crippen molar-refractivity contribution in [2.75, 3.05) is 20.4 Å². The van der Waals surface area contributed by atoms with Crippen LogP contribution in [0.1, 0.15) is 46.4 Å². The summed E-state index contributed by atoms with van der Waals surface area (Å²) < 4.78 is 15.8. The van der Waals surface area contributed by atoms with Crippen LogP contribution in [0.5, 0.6) is 5.75 Å². The van der Waals surface area contributed by atoms with Crippen LogP contribution in [-0.2, 0) is 9.47 Å². The molecule has 1 amide bonds. The Hall–Kier alpha value is -2.86. The minimum Gasteiger partial charge on any atom is -0.468 e. The molecule has 0 unspecified atom stereocenters. The molecule has 0 heterocycles. The van der Waals surface area contributed by atoms with Gasteiger partial charge in [-0.3, -0.25) is 4.79 Å². The Labute approximate surface area is 171 Å². The summed E-state index contributed by atoms with van der Waals surface area (Å²) in [6.45, 7) is 0.801. The molecule has 0 saturated heterocycles. The van der Waals surface area contributed by atoms with Gasteiger partial charge in [0, 0.05) is 19.2 Å². The molecular weight excluding hydrogens is 370 g/mol. The van der Waals surface area contributed by atoms with Gasteiger partial charge in [-0.2, -0.15) is 0 Å². The van der Waals surface area contributed by atoms with E-state index in [0.717, 1.165) is 25.7 Å². The molecule has 2 aromatic carbocycles. The Balaban J connectivity index is 1.38. The predicted octanol–water partition coefficient (Wildman–Crippen LogP) is 3.81. The van der Waals surface area contributed by atoms with E-state index in [-0.39, 0.29) is 24.8 Å². The van der Waals surface area contributed by atoms with E-state index in [4.69, 9.17) is 14.2 Å². The highest BCUT2D eigenvalue weighted by molar-refractivity contribution is 5.94. The van der Waals surface area contributed by atoms with Gasteiger partial charge in [0.2, 0.25) is 0 Å². The normalized spacial score (nSPS) is 18.7. The maximum Gasteiger partial charge on any atom is 0.338 e. The lowest BCUT2D eigenvalue weighted by atomic mass is 9.87. The molecule has 0 aliphatic heterocycles. The van der Waals surface area contributed by atoms with E-state index < -0.39 is 0 Å². The monoisotopic (exact) mass is 397 g/mol. The van der Waals surface area contributed by atoms with Crippen LogP contribution in [0.15, 0.2) is 54.6 Å². The number of carbonyl (C=O) groups excluding carboxylic acids is 2. The number of hydrogen-bond donors (Lipinski definition) is 1. The van der Waals surface area contributed by atoms with Crippen molar-refractivity contribution in [3.63, 3.8) is 0 Å². The summed E-state index contributed by atoms with van der Waals surface area (Å²) in [7, 11) is 1.56. The van der Waals surface area contributed by atoms with Gasteiger partial charge in [0.15, 0.2) is 6.79 Å². The molecule has 1 fully saturated rings. The van der Waals surface area contributed by atoms with Gasteiger partial charge < -0.3 is 19.5 Å². The number of carbonyl (C=O) groups is 2. The molecule has 1 saturated carbocycles. The van der Waals surface area contributed by atoms with Crippen LogP contribution in [0, 0.1) is 5.92 Å².